The van der Waals surface area contributed by atoms with E-state index in [9.17, 15) is 18.0 Å². The number of nitrogens with one attached hydrogen (secondary N) is 3. The number of halogens is 4. The van der Waals surface area contributed by atoms with Gasteiger partial charge >= 0.3 is 6.18 Å². The van der Waals surface area contributed by atoms with E-state index in [1.807, 2.05) is 25.1 Å². The van der Waals surface area contributed by atoms with E-state index >= 15 is 0 Å². The summed E-state index contributed by atoms with van der Waals surface area (Å²) < 4.78 is 41.2. The Morgan fingerprint density at radius 3 is 2.32 bits per heavy atom. The van der Waals surface area contributed by atoms with Gasteiger partial charge in [-0.1, -0.05) is 29.8 Å². The van der Waals surface area contributed by atoms with Crippen LogP contribution in [0.3, 0.4) is 0 Å². The predicted octanol–water partition coefficient (Wildman–Crippen LogP) is 3.65. The van der Waals surface area contributed by atoms with Gasteiger partial charge in [0.15, 0.2) is 12.6 Å². The fourth-order valence-corrected chi connectivity index (χ4v) is 2.52. The molecule has 2 aromatic carbocycles. The third-order valence-electron chi connectivity index (χ3n) is 3.99. The summed E-state index contributed by atoms with van der Waals surface area (Å²) >= 11 is 0. The fourth-order valence-electron chi connectivity index (χ4n) is 2.52. The van der Waals surface area contributed by atoms with E-state index in [2.05, 4.69) is 25.7 Å². The molecular weight excluding hydrogens is 524 g/mol. The predicted molar refractivity (Wildman–Crippen MR) is 125 cm³/mol. The molecule has 0 saturated heterocycles. The van der Waals surface area contributed by atoms with Crippen molar-refractivity contribution in [2.75, 3.05) is 26.7 Å². The summed E-state index contributed by atoms with van der Waals surface area (Å²) in [5, 5.41) is 9.00. The van der Waals surface area contributed by atoms with Crippen molar-refractivity contribution in [1.82, 2.24) is 16.0 Å². The van der Waals surface area contributed by atoms with Gasteiger partial charge in [0.25, 0.3) is 5.91 Å². The molecule has 0 radical (unpaired) electrons. The van der Waals surface area contributed by atoms with Crippen molar-refractivity contribution < 1.29 is 22.7 Å². The van der Waals surface area contributed by atoms with Crippen LogP contribution in [-0.4, -0.2) is 44.8 Å². The number of ether oxygens (including phenoxy) is 1. The Hall–Kier alpha value is -2.50. The molecule has 10 heteroatoms. The van der Waals surface area contributed by atoms with Gasteiger partial charge in [-0.2, -0.15) is 13.2 Å². The molecule has 31 heavy (non-hydrogen) atoms. The Morgan fingerprint density at radius 1 is 1.03 bits per heavy atom. The van der Waals surface area contributed by atoms with E-state index in [1.54, 1.807) is 25.2 Å². The maximum absolute atomic E-state index is 12.2. The Labute approximate surface area is 196 Å². The van der Waals surface area contributed by atoms with Crippen molar-refractivity contribution in [3.8, 4) is 5.75 Å². The number of rotatable bonds is 8. The van der Waals surface area contributed by atoms with Crippen LogP contribution in [0.15, 0.2) is 53.5 Å². The molecule has 0 bridgehead atoms. The monoisotopic (exact) mass is 550 g/mol. The lowest BCUT2D eigenvalue weighted by Gasteiger charge is -2.13. The van der Waals surface area contributed by atoms with Crippen LogP contribution in [0.4, 0.5) is 13.2 Å². The lowest BCUT2D eigenvalue weighted by molar-refractivity contribution is -0.153. The van der Waals surface area contributed by atoms with E-state index in [1.165, 1.54) is 12.1 Å². The molecule has 0 unspecified atom stereocenters. The van der Waals surface area contributed by atoms with Gasteiger partial charge in [0.05, 0.1) is 0 Å². The minimum Gasteiger partial charge on any atom is -0.484 e. The number of guanidine groups is 1. The highest BCUT2D eigenvalue weighted by atomic mass is 127. The molecule has 0 aromatic heterocycles. The van der Waals surface area contributed by atoms with Crippen molar-refractivity contribution in [2.45, 2.75) is 19.6 Å². The van der Waals surface area contributed by atoms with Gasteiger partial charge in [-0.05, 0) is 36.8 Å². The topological polar surface area (TPSA) is 74.8 Å². The van der Waals surface area contributed by atoms with Gasteiger partial charge in [0.2, 0.25) is 0 Å². The third-order valence-corrected chi connectivity index (χ3v) is 3.99. The summed E-state index contributed by atoms with van der Waals surface area (Å²) in [4.78, 5) is 16.2. The van der Waals surface area contributed by atoms with Crippen LogP contribution in [0.25, 0.3) is 0 Å². The second-order valence-electron chi connectivity index (χ2n) is 6.53. The molecule has 0 aliphatic carbocycles. The van der Waals surface area contributed by atoms with Gasteiger partial charge in [-0.15, -0.1) is 24.0 Å². The van der Waals surface area contributed by atoms with Crippen LogP contribution in [0.1, 0.15) is 21.5 Å². The Balaban J connectivity index is 0.00000480. The zero-order valence-corrected chi connectivity index (χ0v) is 19.6. The SMILES string of the molecule is CN=C(NCCNC(=O)c1cccc(C)c1)NCc1ccc(OCC(F)(F)F)cc1.I. The molecule has 2 rings (SSSR count). The second kappa shape index (κ2) is 13.0. The van der Waals surface area contributed by atoms with Crippen LogP contribution in [0.5, 0.6) is 5.75 Å². The summed E-state index contributed by atoms with van der Waals surface area (Å²) in [7, 11) is 1.62. The Morgan fingerprint density at radius 2 is 1.71 bits per heavy atom. The lowest BCUT2D eigenvalue weighted by Crippen LogP contribution is -2.41. The molecule has 2 aromatic rings. The number of aliphatic imine (C=N–C) groups is 1. The summed E-state index contributed by atoms with van der Waals surface area (Å²) in [5.74, 6) is 0.552. The Kier molecular flexibility index (Phi) is 11.2. The molecule has 0 atom stereocenters. The molecular formula is C21H26F3IN4O2. The maximum atomic E-state index is 12.2. The van der Waals surface area contributed by atoms with Crippen molar-refractivity contribution in [3.63, 3.8) is 0 Å². The number of hydrogen-bond donors (Lipinski definition) is 3. The first kappa shape index (κ1) is 26.5. The minimum absolute atomic E-state index is 0. The molecule has 1 amide bonds. The van der Waals surface area contributed by atoms with Crippen LogP contribution in [0.2, 0.25) is 0 Å². The highest BCUT2D eigenvalue weighted by molar-refractivity contribution is 14.0. The number of alkyl halides is 3. The highest BCUT2D eigenvalue weighted by Gasteiger charge is 2.28. The molecule has 0 aliphatic rings. The average molecular weight is 550 g/mol. The van der Waals surface area contributed by atoms with Gasteiger partial charge in [-0.25, -0.2) is 0 Å². The van der Waals surface area contributed by atoms with Crippen molar-refractivity contribution in [1.29, 1.82) is 0 Å². The number of carbonyl (C=O) groups is 1. The summed E-state index contributed by atoms with van der Waals surface area (Å²) in [6.07, 6.45) is -4.36. The minimum atomic E-state index is -4.36. The number of aryl methyl sites for hydroxylation is 1. The molecule has 0 fully saturated rings. The van der Waals surface area contributed by atoms with Gasteiger partial charge in [-0.3, -0.25) is 9.79 Å². The summed E-state index contributed by atoms with van der Waals surface area (Å²) in [6, 6.07) is 13.7. The summed E-state index contributed by atoms with van der Waals surface area (Å²) in [6.45, 7) is 1.92. The zero-order chi connectivity index (χ0) is 22.0. The first-order valence-corrected chi connectivity index (χ1v) is 9.35. The van der Waals surface area contributed by atoms with Crippen LogP contribution in [-0.2, 0) is 6.54 Å². The average Bonchev–Trinajstić information content (AvgIpc) is 2.71. The van der Waals surface area contributed by atoms with E-state index in [0.717, 1.165) is 11.1 Å². The fraction of sp³-hybridized carbons (Fsp3) is 0.333. The van der Waals surface area contributed by atoms with Gasteiger partial charge in [0.1, 0.15) is 5.75 Å². The molecule has 0 spiro atoms. The number of amides is 1. The molecule has 6 nitrogen and oxygen atoms in total. The molecule has 170 valence electrons. The maximum Gasteiger partial charge on any atom is 0.422 e. The number of benzene rings is 2. The van der Waals surface area contributed by atoms with Crippen molar-refractivity contribution in [3.05, 3.63) is 65.2 Å². The smallest absolute Gasteiger partial charge is 0.422 e. The van der Waals surface area contributed by atoms with E-state index < -0.39 is 12.8 Å². The standard InChI is InChI=1S/C21H25F3N4O2.HI/c1-15-4-3-5-17(12-15)19(29)26-10-11-27-20(25-2)28-13-16-6-8-18(9-7-16)30-14-21(22,23)24;/h3-9,12H,10-11,13-14H2,1-2H3,(H,26,29)(H2,25,27,28);1H. The Bertz CT molecular complexity index is 858. The first-order valence-electron chi connectivity index (χ1n) is 9.35. The normalized spacial score (nSPS) is 11.3. The van der Waals surface area contributed by atoms with Crippen LogP contribution >= 0.6 is 24.0 Å². The number of carbonyl (C=O) groups excluding carboxylic acids is 1. The zero-order valence-electron chi connectivity index (χ0n) is 17.3. The quantitative estimate of drug-likeness (QED) is 0.203. The van der Waals surface area contributed by atoms with Gasteiger partial charge in [0, 0.05) is 32.2 Å². The number of hydrogen-bond acceptors (Lipinski definition) is 3. The lowest BCUT2D eigenvalue weighted by atomic mass is 10.1. The summed E-state index contributed by atoms with van der Waals surface area (Å²) in [5.41, 5.74) is 2.48. The molecule has 3 N–H and O–H groups in total. The third kappa shape index (κ3) is 10.4. The highest BCUT2D eigenvalue weighted by Crippen LogP contribution is 2.18. The van der Waals surface area contributed by atoms with Crippen LogP contribution in [0, 0.1) is 6.92 Å². The molecule has 0 aliphatic heterocycles. The van der Waals surface area contributed by atoms with E-state index in [4.69, 9.17) is 0 Å². The van der Waals surface area contributed by atoms with E-state index in [0.29, 0.717) is 31.2 Å². The van der Waals surface area contributed by atoms with Crippen molar-refractivity contribution >= 4 is 35.8 Å². The van der Waals surface area contributed by atoms with Crippen molar-refractivity contribution in [2.24, 2.45) is 4.99 Å². The molecule has 0 saturated carbocycles. The van der Waals surface area contributed by atoms with Crippen LogP contribution < -0.4 is 20.7 Å². The number of nitrogens with zero attached hydrogens (tertiary/aromatic N) is 1. The van der Waals surface area contributed by atoms with Gasteiger partial charge < -0.3 is 20.7 Å². The largest absolute Gasteiger partial charge is 0.484 e. The van der Waals surface area contributed by atoms with E-state index in [-0.39, 0.29) is 35.6 Å². The first-order chi connectivity index (χ1) is 14.3. The second-order valence-corrected chi connectivity index (χ2v) is 6.53. The molecule has 0 heterocycles.